The van der Waals surface area contributed by atoms with Crippen LogP contribution in [0.15, 0.2) is 0 Å². The van der Waals surface area contributed by atoms with Crippen LogP contribution >= 0.6 is 0 Å². The molecular formula is H4KMnO7S2. The molecule has 11 heteroatoms. The van der Waals surface area contributed by atoms with Crippen molar-refractivity contribution in [2.24, 2.45) is 0 Å². The summed E-state index contributed by atoms with van der Waals surface area (Å²) in [6, 6.07) is 0. The van der Waals surface area contributed by atoms with Crippen molar-refractivity contribution < 1.29 is 94.8 Å². The van der Waals surface area contributed by atoms with Crippen LogP contribution in [0, 0.1) is 0 Å². The first kappa shape index (κ1) is 18.6. The van der Waals surface area contributed by atoms with Gasteiger partial charge in [-0.2, -0.15) is 4.21 Å². The van der Waals surface area contributed by atoms with Crippen LogP contribution in [0.25, 0.3) is 0 Å². The summed E-state index contributed by atoms with van der Waals surface area (Å²) < 4.78 is 57.0. The Labute approximate surface area is 113 Å². The van der Waals surface area contributed by atoms with Gasteiger partial charge in [-0.1, -0.05) is 0 Å². The summed E-state index contributed by atoms with van der Waals surface area (Å²) in [5.74, 6) is 0. The van der Waals surface area contributed by atoms with Crippen LogP contribution in [-0.2, 0) is 44.7 Å². The van der Waals surface area contributed by atoms with Crippen LogP contribution in [0.4, 0.5) is 0 Å². The first-order chi connectivity index (χ1) is 4.00. The molecule has 0 aromatic carbocycles. The van der Waals surface area contributed by atoms with E-state index in [0.717, 1.165) is 0 Å². The van der Waals surface area contributed by atoms with Crippen LogP contribution in [-0.4, -0.2) is 17.5 Å². The van der Waals surface area contributed by atoms with Gasteiger partial charge in [-0.3, -0.25) is 9.11 Å². The van der Waals surface area contributed by atoms with Crippen molar-refractivity contribution in [1.82, 2.24) is 0 Å². The van der Waals surface area contributed by atoms with Gasteiger partial charge in [0.05, 0.1) is 0 Å². The summed E-state index contributed by atoms with van der Waals surface area (Å²) in [5.41, 5.74) is 0. The molecule has 0 aliphatic carbocycles. The molecule has 0 radical (unpaired) electrons. The summed E-state index contributed by atoms with van der Waals surface area (Å²) in [5, 5.41) is 0. The molecule has 0 atom stereocenters. The van der Waals surface area contributed by atoms with E-state index in [4.69, 9.17) is 29.0 Å². The van der Waals surface area contributed by atoms with Gasteiger partial charge in [-0.05, 0) is 0 Å². The molecule has 0 amide bonds. The summed E-state index contributed by atoms with van der Waals surface area (Å²) in [6.45, 7) is 0. The average molecular weight is 274 g/mol. The minimum atomic E-state index is -5.38. The fraction of sp³-hybridized carbons (Fsp3) is 0. The maximum absolute atomic E-state index is 9.11. The van der Waals surface area contributed by atoms with E-state index in [2.05, 4.69) is 11.2 Å². The third-order valence-corrected chi connectivity index (χ3v) is 0. The fourth-order valence-corrected chi connectivity index (χ4v) is 0. The van der Waals surface area contributed by atoms with E-state index >= 15 is 0 Å². The van der Waals surface area contributed by atoms with E-state index in [1.807, 2.05) is 0 Å². The van der Waals surface area contributed by atoms with E-state index in [0.29, 0.717) is 0 Å². The second-order valence-electron chi connectivity index (χ2n) is 0.844. The molecule has 0 bridgehead atoms. The molecule has 0 aromatic heterocycles. The standard InChI is InChI=1S/K.Mn.H2O3S2.H2O.3O.H/c;;1-5(2,3)4;;;;;/h;;(H2,1,2,3,4);1H2;;;;/q2*+1;;;;;;-1/p-1. The van der Waals surface area contributed by atoms with Gasteiger partial charge in [-0.15, -0.1) is 0 Å². The molecule has 0 rings (SSSR count). The topological polar surface area (TPSA) is 129 Å². The SMILES string of the molecule is O=S(O)(O)=S.[H-].[K+].[O]=[Mn](=[O])(=[O])[OH]. The van der Waals surface area contributed by atoms with Crippen LogP contribution in [0.1, 0.15) is 1.43 Å². The Hall–Kier alpha value is 1.81. The first-order valence-corrected chi connectivity index (χ1v) is 5.70. The molecule has 0 aliphatic rings. The molecule has 0 aromatic rings. The van der Waals surface area contributed by atoms with Crippen molar-refractivity contribution in [3.05, 3.63) is 0 Å². The first-order valence-electron chi connectivity index (χ1n) is 1.33. The summed E-state index contributed by atoms with van der Waals surface area (Å²) in [4.78, 5) is 0. The minimum absolute atomic E-state index is 0. The van der Waals surface area contributed by atoms with Gasteiger partial charge in [-0.25, -0.2) is 0 Å². The molecule has 0 unspecified atom stereocenters. The van der Waals surface area contributed by atoms with Gasteiger partial charge < -0.3 is 1.43 Å². The number of rotatable bonds is 0. The van der Waals surface area contributed by atoms with Gasteiger partial charge in [0.15, 0.2) is 0 Å². The third-order valence-electron chi connectivity index (χ3n) is 0. The second kappa shape index (κ2) is 7.23. The van der Waals surface area contributed by atoms with Gasteiger partial charge in [0.1, 0.15) is 0 Å². The van der Waals surface area contributed by atoms with Crippen molar-refractivity contribution >= 4 is 20.2 Å². The van der Waals surface area contributed by atoms with E-state index in [9.17, 15) is 0 Å². The van der Waals surface area contributed by atoms with Crippen molar-refractivity contribution in [3.8, 4) is 0 Å². The number of hydrogen-bond donors (Lipinski definition) is 3. The van der Waals surface area contributed by atoms with E-state index in [-0.39, 0.29) is 52.8 Å². The molecule has 0 saturated heterocycles. The molecule has 7 nitrogen and oxygen atoms in total. The maximum atomic E-state index is 9.11. The van der Waals surface area contributed by atoms with Gasteiger partial charge in [0.25, 0.3) is 9.05 Å². The summed E-state index contributed by atoms with van der Waals surface area (Å²) in [7, 11) is -3.83. The monoisotopic (exact) mass is 274 g/mol. The zero-order valence-corrected chi connectivity index (χ0v) is 11.1. The quantitative estimate of drug-likeness (QED) is 0.380. The van der Waals surface area contributed by atoms with Crippen LogP contribution < -0.4 is 51.4 Å². The second-order valence-corrected chi connectivity index (χ2v) is 4.28. The molecule has 0 fully saturated rings. The molecular weight excluding hydrogens is 270 g/mol. The molecule has 0 aliphatic heterocycles. The average Bonchev–Trinajstić information content (AvgIpc) is 1.12. The van der Waals surface area contributed by atoms with Crippen molar-refractivity contribution in [1.29, 1.82) is 0 Å². The Kier molecular flexibility index (Phi) is 12.2. The van der Waals surface area contributed by atoms with E-state index < -0.39 is 22.0 Å². The Morgan fingerprint density at radius 2 is 1.27 bits per heavy atom. The summed E-state index contributed by atoms with van der Waals surface area (Å²) >= 11 is -1.91. The Balaban J connectivity index is -0.0000000457. The predicted octanol–water partition coefficient (Wildman–Crippen LogP) is -4.12. The van der Waals surface area contributed by atoms with Crippen molar-refractivity contribution in [2.75, 3.05) is 0 Å². The Bertz CT molecular complexity index is 296. The van der Waals surface area contributed by atoms with Gasteiger partial charge >= 0.3 is 80.0 Å². The molecule has 11 heavy (non-hydrogen) atoms. The number of hydrogen-bond acceptors (Lipinski definition) is 5. The molecule has 0 heterocycles. The van der Waals surface area contributed by atoms with Gasteiger partial charge in [0.2, 0.25) is 0 Å². The third kappa shape index (κ3) is 348. The van der Waals surface area contributed by atoms with Crippen LogP contribution in [0.2, 0.25) is 0 Å². The zero-order chi connectivity index (χ0) is 9.00. The predicted molar refractivity (Wildman–Crippen MR) is 26.2 cm³/mol. The molecule has 0 spiro atoms. The molecule has 0 saturated carbocycles. The zero-order valence-electron chi connectivity index (χ0n) is 6.17. The van der Waals surface area contributed by atoms with Crippen LogP contribution in [0.3, 0.4) is 0 Å². The van der Waals surface area contributed by atoms with E-state index in [1.54, 1.807) is 0 Å². The van der Waals surface area contributed by atoms with Gasteiger partial charge in [0, 0.05) is 11.2 Å². The van der Waals surface area contributed by atoms with Crippen molar-refractivity contribution in [2.45, 2.75) is 0 Å². The van der Waals surface area contributed by atoms with Crippen LogP contribution in [0.5, 0.6) is 0 Å². The Morgan fingerprint density at radius 3 is 1.27 bits per heavy atom. The molecule has 3 N–H and O–H groups in total. The Morgan fingerprint density at radius 1 is 1.27 bits per heavy atom. The summed E-state index contributed by atoms with van der Waals surface area (Å²) in [6.07, 6.45) is 0. The molecule has 66 valence electrons. The normalized spacial score (nSPS) is 10.5. The van der Waals surface area contributed by atoms with E-state index in [1.165, 1.54) is 0 Å². The fourth-order valence-electron chi connectivity index (χ4n) is 0. The van der Waals surface area contributed by atoms with Crippen molar-refractivity contribution in [3.63, 3.8) is 0 Å².